The Hall–Kier alpha value is -3.63. The van der Waals surface area contributed by atoms with Crippen LogP contribution in [0.25, 0.3) is 0 Å². The quantitative estimate of drug-likeness (QED) is 0.472. The molecule has 176 valence electrons. The van der Waals surface area contributed by atoms with Gasteiger partial charge in [-0.15, -0.1) is 0 Å². The minimum Gasteiger partial charge on any atom is -0.348 e. The van der Waals surface area contributed by atoms with Crippen molar-refractivity contribution in [3.8, 4) is 0 Å². The molecule has 33 heavy (non-hydrogen) atoms. The number of carbonyl (C=O) groups excluding carboxylic acids is 3. The van der Waals surface area contributed by atoms with Crippen LogP contribution < -0.4 is 16.0 Å². The molecule has 3 rings (SSSR count). The third-order valence-corrected chi connectivity index (χ3v) is 5.20. The highest BCUT2D eigenvalue weighted by Gasteiger charge is 2.30. The first-order valence-corrected chi connectivity index (χ1v) is 10.2. The molecule has 7 nitrogen and oxygen atoms in total. The summed E-state index contributed by atoms with van der Waals surface area (Å²) in [5.41, 5.74) is -0.594. The average molecular weight is 466 g/mol. The van der Waals surface area contributed by atoms with Crippen LogP contribution in [0, 0.1) is 11.7 Å². The van der Waals surface area contributed by atoms with Gasteiger partial charge in [-0.2, -0.15) is 13.2 Å². The van der Waals surface area contributed by atoms with E-state index in [0.29, 0.717) is 31.6 Å². The molecule has 0 bridgehead atoms. The Kier molecular flexibility index (Phi) is 7.52. The van der Waals surface area contributed by atoms with Gasteiger partial charge in [0, 0.05) is 31.0 Å². The standard InChI is InChI=1S/C22H22F4N4O3/c23-16-4-6-17(7-5-16)29-21(33)30-10-8-14(9-11-30)13-27-19(31)20(32)28-18-3-1-2-15(12-18)22(24,25)26/h1-7,12,14H,8-11,13H2,(H,27,31)(H,28,32)(H,29,33). The van der Waals surface area contributed by atoms with E-state index >= 15 is 0 Å². The zero-order valence-electron chi connectivity index (χ0n) is 17.4. The molecule has 4 amide bonds. The van der Waals surface area contributed by atoms with Crippen LogP contribution in [-0.2, 0) is 15.8 Å². The number of nitrogens with zero attached hydrogens (tertiary/aromatic N) is 1. The van der Waals surface area contributed by atoms with E-state index < -0.39 is 29.4 Å². The van der Waals surface area contributed by atoms with Gasteiger partial charge >= 0.3 is 24.0 Å². The van der Waals surface area contributed by atoms with Gasteiger partial charge in [0.05, 0.1) is 5.56 Å². The van der Waals surface area contributed by atoms with Crippen molar-refractivity contribution in [1.29, 1.82) is 0 Å². The third-order valence-electron chi connectivity index (χ3n) is 5.20. The van der Waals surface area contributed by atoms with E-state index in [-0.39, 0.29) is 24.2 Å². The maximum Gasteiger partial charge on any atom is 0.416 e. The van der Waals surface area contributed by atoms with Crippen molar-refractivity contribution in [2.75, 3.05) is 30.3 Å². The highest BCUT2D eigenvalue weighted by molar-refractivity contribution is 6.39. The first-order chi connectivity index (χ1) is 15.6. The molecule has 0 spiro atoms. The molecule has 0 aliphatic carbocycles. The van der Waals surface area contributed by atoms with Crippen LogP contribution in [-0.4, -0.2) is 42.4 Å². The van der Waals surface area contributed by atoms with Gasteiger partial charge in [0.25, 0.3) is 0 Å². The van der Waals surface area contributed by atoms with Crippen molar-refractivity contribution in [1.82, 2.24) is 10.2 Å². The Labute approximate surface area is 187 Å². The lowest BCUT2D eigenvalue weighted by Gasteiger charge is -2.32. The van der Waals surface area contributed by atoms with Gasteiger partial charge in [0.15, 0.2) is 0 Å². The minimum absolute atomic E-state index is 0.0326. The van der Waals surface area contributed by atoms with E-state index in [4.69, 9.17) is 0 Å². The SMILES string of the molecule is O=C(NCC1CCN(C(=O)Nc2ccc(F)cc2)CC1)C(=O)Nc1cccc(C(F)(F)F)c1. The van der Waals surface area contributed by atoms with Gasteiger partial charge in [-0.1, -0.05) is 6.07 Å². The minimum atomic E-state index is -4.56. The van der Waals surface area contributed by atoms with Crippen LogP contribution in [0.2, 0.25) is 0 Å². The van der Waals surface area contributed by atoms with Crippen molar-refractivity contribution >= 4 is 29.2 Å². The summed E-state index contributed by atoms with van der Waals surface area (Å²) in [6.45, 7) is 1.07. The van der Waals surface area contributed by atoms with Crippen molar-refractivity contribution in [2.45, 2.75) is 19.0 Å². The van der Waals surface area contributed by atoms with E-state index in [9.17, 15) is 31.9 Å². The molecule has 1 heterocycles. The van der Waals surface area contributed by atoms with Crippen molar-refractivity contribution in [2.24, 2.45) is 5.92 Å². The van der Waals surface area contributed by atoms with Gasteiger partial charge in [0.2, 0.25) is 0 Å². The molecule has 1 aliphatic rings. The second-order valence-electron chi connectivity index (χ2n) is 7.61. The maximum atomic E-state index is 12.9. The summed E-state index contributed by atoms with van der Waals surface area (Å²) in [5.74, 6) is -2.39. The van der Waals surface area contributed by atoms with E-state index in [1.165, 1.54) is 30.3 Å². The summed E-state index contributed by atoms with van der Waals surface area (Å²) in [7, 11) is 0. The van der Waals surface area contributed by atoms with E-state index in [2.05, 4.69) is 16.0 Å². The zero-order chi connectivity index (χ0) is 24.0. The number of carbonyl (C=O) groups is 3. The number of halogens is 4. The van der Waals surface area contributed by atoms with Gasteiger partial charge < -0.3 is 20.9 Å². The molecule has 1 aliphatic heterocycles. The number of hydrogen-bond donors (Lipinski definition) is 3. The number of anilines is 2. The summed E-state index contributed by atoms with van der Waals surface area (Å²) in [6.07, 6.45) is -3.38. The molecule has 2 aromatic carbocycles. The van der Waals surface area contributed by atoms with Gasteiger partial charge in [-0.25, -0.2) is 9.18 Å². The number of piperidine rings is 1. The van der Waals surface area contributed by atoms with Crippen LogP contribution in [0.15, 0.2) is 48.5 Å². The third kappa shape index (κ3) is 6.93. The maximum absolute atomic E-state index is 12.9. The molecule has 3 N–H and O–H groups in total. The van der Waals surface area contributed by atoms with E-state index in [0.717, 1.165) is 18.2 Å². The number of benzene rings is 2. The summed E-state index contributed by atoms with van der Waals surface area (Å²) in [4.78, 5) is 37.9. The lowest BCUT2D eigenvalue weighted by molar-refractivity contribution is -0.137. The van der Waals surface area contributed by atoms with Crippen LogP contribution >= 0.6 is 0 Å². The fraction of sp³-hybridized carbons (Fsp3) is 0.318. The summed E-state index contributed by atoms with van der Waals surface area (Å²) in [5, 5.41) is 7.32. The predicted octanol–water partition coefficient (Wildman–Crippen LogP) is 3.84. The molecule has 0 radical (unpaired) electrons. The molecule has 0 atom stereocenters. The first kappa shape index (κ1) is 24.0. The monoisotopic (exact) mass is 466 g/mol. The molecule has 0 saturated carbocycles. The van der Waals surface area contributed by atoms with Gasteiger partial charge in [0.1, 0.15) is 5.82 Å². The van der Waals surface area contributed by atoms with Crippen LogP contribution in [0.1, 0.15) is 18.4 Å². The molecule has 2 aromatic rings. The highest BCUT2D eigenvalue weighted by atomic mass is 19.4. The van der Waals surface area contributed by atoms with Crippen molar-refractivity contribution in [3.05, 3.63) is 59.9 Å². The highest BCUT2D eigenvalue weighted by Crippen LogP contribution is 2.30. The Balaban J connectivity index is 1.41. The number of amides is 4. The molecular formula is C22H22F4N4O3. The Morgan fingerprint density at radius 3 is 2.21 bits per heavy atom. The van der Waals surface area contributed by atoms with E-state index in [1.54, 1.807) is 4.90 Å². The van der Waals surface area contributed by atoms with Crippen LogP contribution in [0.3, 0.4) is 0 Å². The second kappa shape index (κ2) is 10.3. The lowest BCUT2D eigenvalue weighted by Crippen LogP contribution is -2.44. The molecule has 1 saturated heterocycles. The molecular weight excluding hydrogens is 444 g/mol. The largest absolute Gasteiger partial charge is 0.416 e. The summed E-state index contributed by atoms with van der Waals surface area (Å²) >= 11 is 0. The lowest BCUT2D eigenvalue weighted by atomic mass is 9.97. The second-order valence-corrected chi connectivity index (χ2v) is 7.61. The fourth-order valence-corrected chi connectivity index (χ4v) is 3.35. The van der Waals surface area contributed by atoms with Crippen molar-refractivity contribution < 1.29 is 31.9 Å². The number of urea groups is 1. The molecule has 0 aromatic heterocycles. The first-order valence-electron chi connectivity index (χ1n) is 10.2. The predicted molar refractivity (Wildman–Crippen MR) is 113 cm³/mol. The Bertz CT molecular complexity index is 1000. The Morgan fingerprint density at radius 2 is 1.58 bits per heavy atom. The summed E-state index contributed by atoms with van der Waals surface area (Å²) < 4.78 is 51.2. The number of likely N-dealkylation sites (tertiary alicyclic amines) is 1. The smallest absolute Gasteiger partial charge is 0.348 e. The molecule has 1 fully saturated rings. The topological polar surface area (TPSA) is 90.5 Å². The van der Waals surface area contributed by atoms with E-state index in [1.807, 2.05) is 0 Å². The number of hydrogen-bond acceptors (Lipinski definition) is 3. The zero-order valence-corrected chi connectivity index (χ0v) is 17.4. The summed E-state index contributed by atoms with van der Waals surface area (Å²) in [6, 6.07) is 9.09. The Morgan fingerprint density at radius 1 is 0.909 bits per heavy atom. The molecule has 0 unspecified atom stereocenters. The van der Waals surface area contributed by atoms with Gasteiger partial charge in [-0.3, -0.25) is 9.59 Å². The number of rotatable bonds is 4. The average Bonchev–Trinajstić information content (AvgIpc) is 2.79. The fourth-order valence-electron chi connectivity index (χ4n) is 3.35. The number of alkyl halides is 3. The van der Waals surface area contributed by atoms with Crippen LogP contribution in [0.4, 0.5) is 33.7 Å². The van der Waals surface area contributed by atoms with Crippen LogP contribution in [0.5, 0.6) is 0 Å². The normalized spacial score (nSPS) is 14.5. The number of nitrogens with one attached hydrogen (secondary N) is 3. The van der Waals surface area contributed by atoms with Gasteiger partial charge in [-0.05, 0) is 61.2 Å². The molecule has 11 heteroatoms. The van der Waals surface area contributed by atoms with Crippen molar-refractivity contribution in [3.63, 3.8) is 0 Å².